The van der Waals surface area contributed by atoms with E-state index in [0.29, 0.717) is 0 Å². The van der Waals surface area contributed by atoms with E-state index in [0.717, 1.165) is 12.8 Å². The van der Waals surface area contributed by atoms with Crippen LogP contribution >= 0.6 is 23.1 Å². The second-order valence-corrected chi connectivity index (χ2v) is 7.48. The number of pyridine rings is 1. The molecule has 2 aromatic heterocycles. The monoisotopic (exact) mass is 326 g/mol. The predicted molar refractivity (Wildman–Crippen MR) is 94.7 cm³/mol. The first-order valence-corrected chi connectivity index (χ1v) is 9.08. The molecule has 0 bridgehead atoms. The zero-order valence-corrected chi connectivity index (χ0v) is 14.4. The van der Waals surface area contributed by atoms with Crippen LogP contribution in [-0.2, 0) is 12.8 Å². The van der Waals surface area contributed by atoms with Crippen LogP contribution < -0.4 is 0 Å². The Bertz CT molecular complexity index is 751. The molecule has 1 aromatic carbocycles. The summed E-state index contributed by atoms with van der Waals surface area (Å²) in [6, 6.07) is 10.9. The highest BCUT2D eigenvalue weighted by atomic mass is 32.2. The molecule has 0 atom stereocenters. The van der Waals surface area contributed by atoms with Crippen molar-refractivity contribution in [3.8, 4) is 11.1 Å². The van der Waals surface area contributed by atoms with Gasteiger partial charge < -0.3 is 0 Å². The van der Waals surface area contributed by atoms with Crippen molar-refractivity contribution in [2.75, 3.05) is 0 Å². The minimum absolute atomic E-state index is 1.00. The van der Waals surface area contributed by atoms with Crippen molar-refractivity contribution in [2.24, 2.45) is 0 Å². The zero-order valence-electron chi connectivity index (χ0n) is 12.7. The molecule has 112 valence electrons. The van der Waals surface area contributed by atoms with Gasteiger partial charge in [0.15, 0.2) is 0 Å². The van der Waals surface area contributed by atoms with Gasteiger partial charge in [0.05, 0.1) is 15.4 Å². The molecule has 0 spiro atoms. The molecule has 22 heavy (non-hydrogen) atoms. The molecule has 3 aromatic rings. The fourth-order valence-electron chi connectivity index (χ4n) is 2.24. The van der Waals surface area contributed by atoms with Crippen LogP contribution in [0.1, 0.15) is 24.4 Å². The molecule has 0 aliphatic heterocycles. The third-order valence-corrected chi connectivity index (χ3v) is 5.64. The smallest absolute Gasteiger partial charge is 0.0934 e. The molecular formula is C18H18N2S2. The Morgan fingerprint density at radius 3 is 2.64 bits per heavy atom. The summed E-state index contributed by atoms with van der Waals surface area (Å²) in [6.07, 6.45) is 7.75. The van der Waals surface area contributed by atoms with E-state index in [2.05, 4.69) is 48.1 Å². The first-order chi connectivity index (χ1) is 10.8. The summed E-state index contributed by atoms with van der Waals surface area (Å²) in [5.74, 6) is 0. The third-order valence-electron chi connectivity index (χ3n) is 3.42. The average Bonchev–Trinajstić information content (AvgIpc) is 3.03. The maximum absolute atomic E-state index is 4.44. The van der Waals surface area contributed by atoms with E-state index >= 15 is 0 Å². The van der Waals surface area contributed by atoms with Gasteiger partial charge in [-0.3, -0.25) is 4.98 Å². The van der Waals surface area contributed by atoms with Crippen molar-refractivity contribution in [2.45, 2.75) is 35.8 Å². The molecular weight excluding hydrogens is 308 g/mol. The second-order valence-electron chi connectivity index (χ2n) is 4.99. The number of benzene rings is 1. The molecule has 0 radical (unpaired) electrons. The molecule has 0 fully saturated rings. The fourth-order valence-corrected chi connectivity index (χ4v) is 4.31. The lowest BCUT2D eigenvalue weighted by Crippen LogP contribution is -1.86. The Labute approximate surface area is 139 Å². The zero-order chi connectivity index (χ0) is 15.4. The summed E-state index contributed by atoms with van der Waals surface area (Å²) in [5, 5.41) is 1.20. The van der Waals surface area contributed by atoms with Crippen molar-refractivity contribution < 1.29 is 0 Å². The van der Waals surface area contributed by atoms with Crippen molar-refractivity contribution in [1.82, 2.24) is 9.97 Å². The summed E-state index contributed by atoms with van der Waals surface area (Å²) < 4.78 is 1.25. The van der Waals surface area contributed by atoms with Crippen LogP contribution in [0.15, 0.2) is 58.0 Å². The molecule has 0 amide bonds. The fraction of sp³-hybridized carbons (Fsp3) is 0.222. The van der Waals surface area contributed by atoms with Gasteiger partial charge in [-0.1, -0.05) is 37.7 Å². The number of aryl methyl sites for hydroxylation is 2. The number of aromatic nitrogens is 2. The van der Waals surface area contributed by atoms with E-state index in [9.17, 15) is 0 Å². The van der Waals surface area contributed by atoms with E-state index < -0.39 is 0 Å². The van der Waals surface area contributed by atoms with E-state index in [1.165, 1.54) is 30.8 Å². The van der Waals surface area contributed by atoms with E-state index in [1.54, 1.807) is 23.1 Å². The topological polar surface area (TPSA) is 25.8 Å². The van der Waals surface area contributed by atoms with E-state index in [1.807, 2.05) is 24.7 Å². The van der Waals surface area contributed by atoms with Gasteiger partial charge in [-0.25, -0.2) is 4.98 Å². The summed E-state index contributed by atoms with van der Waals surface area (Å²) in [7, 11) is 0. The maximum Gasteiger partial charge on any atom is 0.0934 e. The number of hydrogen-bond acceptors (Lipinski definition) is 4. The van der Waals surface area contributed by atoms with Crippen molar-refractivity contribution >= 4 is 23.1 Å². The standard InChI is InChI=1S/C18H18N2S2/c1-3-13-8-15(14-6-5-7-19-11-14)10-16(9-13)21-18-12-20-17(4-2)22-18/h5-12H,3-4H2,1-2H3. The lowest BCUT2D eigenvalue weighted by molar-refractivity contribution is 1.09. The second kappa shape index (κ2) is 7.07. The van der Waals surface area contributed by atoms with Gasteiger partial charge in [0.25, 0.3) is 0 Å². The molecule has 0 N–H and O–H groups in total. The van der Waals surface area contributed by atoms with Crippen LogP contribution in [0.2, 0.25) is 0 Å². The highest BCUT2D eigenvalue weighted by Gasteiger charge is 2.07. The summed E-state index contributed by atoms with van der Waals surface area (Å²) in [4.78, 5) is 9.94. The molecule has 4 heteroatoms. The van der Waals surface area contributed by atoms with Crippen LogP contribution in [0.3, 0.4) is 0 Å². The Morgan fingerprint density at radius 1 is 1.05 bits per heavy atom. The minimum atomic E-state index is 1.00. The SMILES string of the molecule is CCc1cc(Sc2cnc(CC)s2)cc(-c2cccnc2)c1. The lowest BCUT2D eigenvalue weighted by Gasteiger charge is -2.08. The van der Waals surface area contributed by atoms with Gasteiger partial charge in [0.1, 0.15) is 0 Å². The number of nitrogens with zero attached hydrogens (tertiary/aromatic N) is 2. The maximum atomic E-state index is 4.44. The van der Waals surface area contributed by atoms with Crippen LogP contribution in [0, 0.1) is 0 Å². The highest BCUT2D eigenvalue weighted by Crippen LogP contribution is 2.35. The first kappa shape index (κ1) is 15.3. The minimum Gasteiger partial charge on any atom is -0.264 e. The Hall–Kier alpha value is -1.65. The van der Waals surface area contributed by atoms with Gasteiger partial charge in [0, 0.05) is 22.9 Å². The number of hydrogen-bond donors (Lipinski definition) is 0. The molecule has 3 rings (SSSR count). The van der Waals surface area contributed by atoms with E-state index in [-0.39, 0.29) is 0 Å². The van der Waals surface area contributed by atoms with Gasteiger partial charge >= 0.3 is 0 Å². The van der Waals surface area contributed by atoms with Crippen molar-refractivity contribution in [1.29, 1.82) is 0 Å². The Morgan fingerprint density at radius 2 is 1.95 bits per heavy atom. The molecule has 0 aliphatic rings. The molecule has 2 nitrogen and oxygen atoms in total. The van der Waals surface area contributed by atoms with Crippen LogP contribution in [0.5, 0.6) is 0 Å². The summed E-state index contributed by atoms with van der Waals surface area (Å²) in [6.45, 7) is 4.34. The molecule has 0 aliphatic carbocycles. The molecule has 0 saturated heterocycles. The molecule has 0 unspecified atom stereocenters. The first-order valence-electron chi connectivity index (χ1n) is 7.45. The quantitative estimate of drug-likeness (QED) is 0.621. The summed E-state index contributed by atoms with van der Waals surface area (Å²) in [5.41, 5.74) is 3.75. The van der Waals surface area contributed by atoms with Gasteiger partial charge in [-0.05, 0) is 42.2 Å². The Kier molecular flexibility index (Phi) is 4.90. The Balaban J connectivity index is 1.93. The number of rotatable bonds is 5. The van der Waals surface area contributed by atoms with Gasteiger partial charge in [-0.2, -0.15) is 0 Å². The van der Waals surface area contributed by atoms with Gasteiger partial charge in [0.2, 0.25) is 0 Å². The predicted octanol–water partition coefficient (Wildman–Crippen LogP) is 5.48. The van der Waals surface area contributed by atoms with Crippen LogP contribution in [0.25, 0.3) is 11.1 Å². The van der Waals surface area contributed by atoms with E-state index in [4.69, 9.17) is 0 Å². The normalized spacial score (nSPS) is 10.8. The van der Waals surface area contributed by atoms with Crippen LogP contribution in [-0.4, -0.2) is 9.97 Å². The lowest BCUT2D eigenvalue weighted by atomic mass is 10.0. The third kappa shape index (κ3) is 3.57. The van der Waals surface area contributed by atoms with Crippen molar-refractivity contribution in [3.63, 3.8) is 0 Å². The average molecular weight is 326 g/mol. The van der Waals surface area contributed by atoms with Crippen molar-refractivity contribution in [3.05, 3.63) is 59.5 Å². The molecule has 0 saturated carbocycles. The molecule has 2 heterocycles. The highest BCUT2D eigenvalue weighted by molar-refractivity contribution is 8.01. The number of thiazole rings is 1. The summed E-state index contributed by atoms with van der Waals surface area (Å²) >= 11 is 3.58. The van der Waals surface area contributed by atoms with Crippen LogP contribution in [0.4, 0.5) is 0 Å². The largest absolute Gasteiger partial charge is 0.264 e. The van der Waals surface area contributed by atoms with Gasteiger partial charge in [-0.15, -0.1) is 11.3 Å².